The molecule has 0 unspecified atom stereocenters. The van der Waals surface area contributed by atoms with Gasteiger partial charge in [-0.2, -0.15) is 0 Å². The zero-order valence-corrected chi connectivity index (χ0v) is 13.5. The van der Waals surface area contributed by atoms with Gasteiger partial charge in [0.25, 0.3) is 0 Å². The second kappa shape index (κ2) is 6.25. The van der Waals surface area contributed by atoms with E-state index in [1.807, 2.05) is 6.07 Å². The molecule has 0 amide bonds. The van der Waals surface area contributed by atoms with Crippen LogP contribution in [-0.2, 0) is 5.33 Å². The van der Waals surface area contributed by atoms with E-state index in [0.29, 0.717) is 10.7 Å². The molecule has 0 radical (unpaired) electrons. The molecule has 0 aromatic heterocycles. The Hall–Kier alpha value is -0.570. The van der Waals surface area contributed by atoms with Gasteiger partial charge in [0.05, 0.1) is 0 Å². The van der Waals surface area contributed by atoms with Gasteiger partial charge in [0.1, 0.15) is 5.82 Å². The topological polar surface area (TPSA) is 3.24 Å². The number of hydrogen-bond acceptors (Lipinski definition) is 1. The molecule has 1 aromatic rings. The van der Waals surface area contributed by atoms with Crippen LogP contribution in [-0.4, -0.2) is 13.1 Å². The molecule has 0 aliphatic carbocycles. The van der Waals surface area contributed by atoms with E-state index in [-0.39, 0.29) is 5.82 Å². The summed E-state index contributed by atoms with van der Waals surface area (Å²) in [4.78, 5) is 2.42. The minimum Gasteiger partial charge on any atom is -0.371 e. The Labute approximate surface area is 124 Å². The van der Waals surface area contributed by atoms with Crippen LogP contribution in [0.15, 0.2) is 18.2 Å². The number of hydrogen-bond donors (Lipinski definition) is 0. The first-order valence-corrected chi connectivity index (χ1v) is 8.35. The van der Waals surface area contributed by atoms with Gasteiger partial charge in [-0.05, 0) is 42.0 Å². The minimum absolute atomic E-state index is 0.147. The van der Waals surface area contributed by atoms with E-state index in [9.17, 15) is 4.39 Å². The molecular weight excluding hydrogens is 305 g/mol. The molecule has 1 nitrogen and oxygen atoms in total. The number of piperidine rings is 1. The van der Waals surface area contributed by atoms with Gasteiger partial charge in [-0.25, -0.2) is 4.39 Å². The molecule has 19 heavy (non-hydrogen) atoms. The first kappa shape index (κ1) is 14.8. The summed E-state index contributed by atoms with van der Waals surface area (Å²) in [5, 5.41) is 0.712. The van der Waals surface area contributed by atoms with Crippen molar-refractivity contribution in [3.8, 4) is 0 Å². The van der Waals surface area contributed by atoms with E-state index in [1.54, 1.807) is 12.1 Å². The third-order valence-corrected chi connectivity index (χ3v) is 5.45. The van der Waals surface area contributed by atoms with Gasteiger partial charge < -0.3 is 4.90 Å². The average Bonchev–Trinajstić information content (AvgIpc) is 2.47. The third-order valence-electron chi connectivity index (χ3n) is 4.85. The lowest BCUT2D eigenvalue weighted by Gasteiger charge is -2.42. The highest BCUT2D eigenvalue weighted by atomic mass is 79.9. The first-order chi connectivity index (χ1) is 9.14. The van der Waals surface area contributed by atoms with Crippen molar-refractivity contribution in [2.75, 3.05) is 18.0 Å². The molecule has 0 N–H and O–H groups in total. The predicted octanol–water partition coefficient (Wildman–Crippen LogP) is 5.13. The summed E-state index contributed by atoms with van der Waals surface area (Å²) in [5.74, 6) is -0.147. The Balaban J connectivity index is 2.13. The zero-order valence-electron chi connectivity index (χ0n) is 11.9. The van der Waals surface area contributed by atoms with Gasteiger partial charge in [-0.3, -0.25) is 0 Å². The van der Waals surface area contributed by atoms with Crippen molar-refractivity contribution in [2.24, 2.45) is 5.41 Å². The van der Waals surface area contributed by atoms with Gasteiger partial charge >= 0.3 is 0 Å². The van der Waals surface area contributed by atoms with Crippen LogP contribution in [0, 0.1) is 11.2 Å². The molecule has 2 rings (SSSR count). The summed E-state index contributed by atoms with van der Waals surface area (Å²) in [6, 6.07) is 5.14. The van der Waals surface area contributed by atoms with E-state index in [1.165, 1.54) is 31.4 Å². The van der Waals surface area contributed by atoms with E-state index >= 15 is 0 Å². The average molecular weight is 328 g/mol. The number of rotatable bonds is 4. The monoisotopic (exact) mass is 327 g/mol. The van der Waals surface area contributed by atoms with Gasteiger partial charge in [0.15, 0.2) is 0 Å². The molecule has 106 valence electrons. The van der Waals surface area contributed by atoms with E-state index in [0.717, 1.165) is 18.7 Å². The lowest BCUT2D eigenvalue weighted by Crippen LogP contribution is -2.40. The maximum Gasteiger partial charge on any atom is 0.123 e. The molecule has 1 saturated heterocycles. The van der Waals surface area contributed by atoms with Crippen LogP contribution >= 0.6 is 15.9 Å². The Kier molecular flexibility index (Phi) is 4.88. The molecule has 1 aliphatic heterocycles. The smallest absolute Gasteiger partial charge is 0.123 e. The molecule has 1 fully saturated rings. The van der Waals surface area contributed by atoms with Crippen LogP contribution in [0.1, 0.15) is 45.1 Å². The van der Waals surface area contributed by atoms with Gasteiger partial charge in [-0.1, -0.05) is 42.6 Å². The van der Waals surface area contributed by atoms with Crippen molar-refractivity contribution in [3.63, 3.8) is 0 Å². The van der Waals surface area contributed by atoms with Gasteiger partial charge in [0.2, 0.25) is 0 Å². The standard InChI is InChI=1S/C16H23BrFN/c1-3-16(4-2)7-9-19(10-8-16)15-6-5-14(18)11-13(15)12-17/h5-6,11H,3-4,7-10,12H2,1-2H3. The van der Waals surface area contributed by atoms with Crippen LogP contribution in [0.3, 0.4) is 0 Å². The lowest BCUT2D eigenvalue weighted by atomic mass is 9.74. The summed E-state index contributed by atoms with van der Waals surface area (Å²) in [6.07, 6.45) is 5.04. The van der Waals surface area contributed by atoms with Crippen LogP contribution in [0.25, 0.3) is 0 Å². The highest BCUT2D eigenvalue weighted by Crippen LogP contribution is 2.39. The van der Waals surface area contributed by atoms with Crippen molar-refractivity contribution >= 4 is 21.6 Å². The van der Waals surface area contributed by atoms with E-state index in [4.69, 9.17) is 0 Å². The number of benzene rings is 1. The van der Waals surface area contributed by atoms with Crippen molar-refractivity contribution in [1.29, 1.82) is 0 Å². The minimum atomic E-state index is -0.147. The van der Waals surface area contributed by atoms with E-state index < -0.39 is 0 Å². The SMILES string of the molecule is CCC1(CC)CCN(c2ccc(F)cc2CBr)CC1. The highest BCUT2D eigenvalue weighted by Gasteiger charge is 2.31. The Morgan fingerprint density at radius 1 is 1.21 bits per heavy atom. The van der Waals surface area contributed by atoms with E-state index in [2.05, 4.69) is 34.7 Å². The van der Waals surface area contributed by atoms with Gasteiger partial charge in [0, 0.05) is 24.1 Å². The molecule has 0 saturated carbocycles. The predicted molar refractivity (Wildman–Crippen MR) is 83.5 cm³/mol. The zero-order chi connectivity index (χ0) is 13.9. The number of halogens is 2. The summed E-state index contributed by atoms with van der Waals surface area (Å²) >= 11 is 3.47. The molecule has 0 atom stereocenters. The summed E-state index contributed by atoms with van der Waals surface area (Å²) < 4.78 is 13.3. The summed E-state index contributed by atoms with van der Waals surface area (Å²) in [5.41, 5.74) is 2.78. The maximum absolute atomic E-state index is 13.3. The van der Waals surface area contributed by atoms with Crippen LogP contribution < -0.4 is 4.90 Å². The summed E-state index contributed by atoms with van der Waals surface area (Å²) in [7, 11) is 0. The molecule has 1 aromatic carbocycles. The lowest BCUT2D eigenvalue weighted by molar-refractivity contribution is 0.199. The van der Waals surface area contributed by atoms with Crippen molar-refractivity contribution in [1.82, 2.24) is 0 Å². The molecule has 1 aliphatic rings. The van der Waals surface area contributed by atoms with Crippen molar-refractivity contribution in [3.05, 3.63) is 29.6 Å². The number of nitrogens with zero attached hydrogens (tertiary/aromatic N) is 1. The summed E-state index contributed by atoms with van der Waals surface area (Å²) in [6.45, 7) is 6.79. The number of alkyl halides is 1. The largest absolute Gasteiger partial charge is 0.371 e. The van der Waals surface area contributed by atoms with Crippen molar-refractivity contribution in [2.45, 2.75) is 44.9 Å². The maximum atomic E-state index is 13.3. The second-order valence-electron chi connectivity index (χ2n) is 5.60. The normalized spacial score (nSPS) is 18.6. The fourth-order valence-electron chi connectivity index (χ4n) is 3.15. The van der Waals surface area contributed by atoms with Crippen LogP contribution in [0.5, 0.6) is 0 Å². The number of anilines is 1. The highest BCUT2D eigenvalue weighted by molar-refractivity contribution is 9.08. The van der Waals surface area contributed by atoms with Crippen molar-refractivity contribution < 1.29 is 4.39 Å². The molecule has 3 heteroatoms. The molecule has 0 spiro atoms. The van der Waals surface area contributed by atoms with Gasteiger partial charge in [-0.15, -0.1) is 0 Å². The molecule has 0 bridgehead atoms. The quantitative estimate of drug-likeness (QED) is 0.693. The first-order valence-electron chi connectivity index (χ1n) is 7.23. The fraction of sp³-hybridized carbons (Fsp3) is 0.625. The Morgan fingerprint density at radius 3 is 2.37 bits per heavy atom. The second-order valence-corrected chi connectivity index (χ2v) is 6.16. The fourth-order valence-corrected chi connectivity index (χ4v) is 3.60. The molecular formula is C16H23BrFN. The van der Waals surface area contributed by atoms with Crippen LogP contribution in [0.2, 0.25) is 0 Å². The Bertz CT molecular complexity index is 419. The van der Waals surface area contributed by atoms with Crippen LogP contribution in [0.4, 0.5) is 10.1 Å². The molecule has 1 heterocycles. The Morgan fingerprint density at radius 2 is 1.84 bits per heavy atom. The third kappa shape index (κ3) is 3.13.